The van der Waals surface area contributed by atoms with Gasteiger partial charge >= 0.3 is 0 Å². The van der Waals surface area contributed by atoms with E-state index in [0.717, 1.165) is 11.5 Å². The highest BCUT2D eigenvalue weighted by atomic mass is 32.2. The molecule has 12 heavy (non-hydrogen) atoms. The van der Waals surface area contributed by atoms with Crippen LogP contribution in [0.4, 0.5) is 0 Å². The number of hydrogen-bond acceptors (Lipinski definition) is 4. The molecule has 0 aromatic carbocycles. The van der Waals surface area contributed by atoms with E-state index < -0.39 is 10.0 Å². The normalized spacial score (nSPS) is 19.1. The van der Waals surface area contributed by atoms with Gasteiger partial charge < -0.3 is 5.32 Å². The Kier molecular flexibility index (Phi) is 3.82. The number of sulfonamides is 1. The van der Waals surface area contributed by atoms with E-state index in [1.165, 1.54) is 7.05 Å². The summed E-state index contributed by atoms with van der Waals surface area (Å²) in [7, 11) is -1.58. The molecule has 2 N–H and O–H groups in total. The molecule has 0 atom stereocenters. The van der Waals surface area contributed by atoms with E-state index in [9.17, 15) is 8.42 Å². The molecule has 0 spiro atoms. The van der Waals surface area contributed by atoms with E-state index in [0.29, 0.717) is 12.6 Å². The smallest absolute Gasteiger partial charge is 0.212 e. The molecule has 72 valence electrons. The van der Waals surface area contributed by atoms with E-state index in [1.807, 2.05) is 11.8 Å². The molecule has 1 rings (SSSR count). The molecule has 1 heterocycles. The summed E-state index contributed by atoms with van der Waals surface area (Å²) >= 11 is 1.88. The molecule has 0 amide bonds. The summed E-state index contributed by atoms with van der Waals surface area (Å²) in [6.45, 7) is 0.550. The SMILES string of the molecule is CNS(=O)(=O)CCNC1CSC1. The Labute approximate surface area is 77.5 Å². The van der Waals surface area contributed by atoms with Crippen LogP contribution in [0.25, 0.3) is 0 Å². The highest BCUT2D eigenvalue weighted by molar-refractivity contribution is 8.00. The minimum atomic E-state index is -3.02. The van der Waals surface area contributed by atoms with Crippen LogP contribution in [0.15, 0.2) is 0 Å². The minimum Gasteiger partial charge on any atom is -0.311 e. The Morgan fingerprint density at radius 3 is 2.58 bits per heavy atom. The van der Waals surface area contributed by atoms with Gasteiger partial charge in [0, 0.05) is 24.1 Å². The molecule has 1 aliphatic heterocycles. The van der Waals surface area contributed by atoms with Gasteiger partial charge in [-0.3, -0.25) is 0 Å². The third-order valence-corrected chi connectivity index (χ3v) is 4.39. The maximum absolute atomic E-state index is 10.9. The molecule has 0 unspecified atom stereocenters. The average molecular weight is 210 g/mol. The second kappa shape index (κ2) is 4.45. The maximum Gasteiger partial charge on any atom is 0.212 e. The topological polar surface area (TPSA) is 58.2 Å². The first-order chi connectivity index (χ1) is 5.64. The molecule has 6 heteroatoms. The molecule has 0 saturated carbocycles. The summed E-state index contributed by atoms with van der Waals surface area (Å²) in [5.74, 6) is 2.39. The second-order valence-corrected chi connectivity index (χ2v) is 5.83. The van der Waals surface area contributed by atoms with Crippen molar-refractivity contribution in [2.24, 2.45) is 0 Å². The first-order valence-corrected chi connectivity index (χ1v) is 6.67. The van der Waals surface area contributed by atoms with E-state index >= 15 is 0 Å². The van der Waals surface area contributed by atoms with Gasteiger partial charge in [0.05, 0.1) is 5.75 Å². The Bertz CT molecular complexity index is 224. The zero-order chi connectivity index (χ0) is 9.03. The molecule has 0 radical (unpaired) electrons. The van der Waals surface area contributed by atoms with Crippen molar-refractivity contribution in [3.8, 4) is 0 Å². The lowest BCUT2D eigenvalue weighted by Gasteiger charge is -2.25. The van der Waals surface area contributed by atoms with Gasteiger partial charge in [0.1, 0.15) is 0 Å². The molecule has 0 bridgehead atoms. The summed E-state index contributed by atoms with van der Waals surface area (Å²) in [5.41, 5.74) is 0. The molecule has 1 fully saturated rings. The van der Waals surface area contributed by atoms with Crippen molar-refractivity contribution in [3.63, 3.8) is 0 Å². The predicted molar refractivity (Wildman–Crippen MR) is 52.0 cm³/mol. The van der Waals surface area contributed by atoms with Gasteiger partial charge in [-0.25, -0.2) is 13.1 Å². The minimum absolute atomic E-state index is 0.171. The molecule has 4 nitrogen and oxygen atoms in total. The van der Waals surface area contributed by atoms with Gasteiger partial charge in [0.15, 0.2) is 0 Å². The molecule has 0 aromatic rings. The average Bonchev–Trinajstić information content (AvgIpc) is 1.95. The van der Waals surface area contributed by atoms with Crippen molar-refractivity contribution in [1.29, 1.82) is 0 Å². The summed E-state index contributed by atoms with van der Waals surface area (Å²) in [6, 6.07) is 0.530. The first kappa shape index (κ1) is 10.3. The molecule has 0 aliphatic carbocycles. The van der Waals surface area contributed by atoms with Gasteiger partial charge in [0.2, 0.25) is 10.0 Å². The van der Waals surface area contributed by atoms with Gasteiger partial charge in [-0.15, -0.1) is 0 Å². The maximum atomic E-state index is 10.9. The fraction of sp³-hybridized carbons (Fsp3) is 1.00. The Hall–Kier alpha value is 0.220. The standard InChI is InChI=1S/C6H14N2O2S2/c1-7-12(9,10)3-2-8-6-4-11-5-6/h6-8H,2-5H2,1H3. The van der Waals surface area contributed by atoms with E-state index in [1.54, 1.807) is 0 Å². The molecular weight excluding hydrogens is 196 g/mol. The van der Waals surface area contributed by atoms with Gasteiger partial charge in [0.25, 0.3) is 0 Å². The van der Waals surface area contributed by atoms with E-state index in [2.05, 4.69) is 10.0 Å². The number of rotatable bonds is 5. The second-order valence-electron chi connectivity index (χ2n) is 2.71. The van der Waals surface area contributed by atoms with Crippen LogP contribution in [0.5, 0.6) is 0 Å². The van der Waals surface area contributed by atoms with Crippen molar-refractivity contribution < 1.29 is 8.42 Å². The molecular formula is C6H14N2O2S2. The largest absolute Gasteiger partial charge is 0.311 e. The third kappa shape index (κ3) is 3.30. The van der Waals surface area contributed by atoms with Crippen molar-refractivity contribution in [1.82, 2.24) is 10.0 Å². The van der Waals surface area contributed by atoms with Crippen molar-refractivity contribution in [3.05, 3.63) is 0 Å². The summed E-state index contributed by atoms with van der Waals surface area (Å²) in [4.78, 5) is 0. The monoisotopic (exact) mass is 210 g/mol. The quantitative estimate of drug-likeness (QED) is 0.626. The lowest BCUT2D eigenvalue weighted by molar-refractivity contribution is 0.570. The van der Waals surface area contributed by atoms with Crippen LogP contribution < -0.4 is 10.0 Å². The van der Waals surface area contributed by atoms with E-state index in [-0.39, 0.29) is 5.75 Å². The van der Waals surface area contributed by atoms with Crippen LogP contribution >= 0.6 is 11.8 Å². The third-order valence-electron chi connectivity index (χ3n) is 1.75. The Morgan fingerprint density at radius 1 is 1.50 bits per heavy atom. The van der Waals surface area contributed by atoms with Crippen molar-refractivity contribution in [2.75, 3.05) is 30.9 Å². The van der Waals surface area contributed by atoms with Crippen LogP contribution in [0.1, 0.15) is 0 Å². The van der Waals surface area contributed by atoms with E-state index in [4.69, 9.17) is 0 Å². The first-order valence-electron chi connectivity index (χ1n) is 3.86. The van der Waals surface area contributed by atoms with Crippen LogP contribution in [0.2, 0.25) is 0 Å². The van der Waals surface area contributed by atoms with Gasteiger partial charge in [-0.2, -0.15) is 11.8 Å². The van der Waals surface area contributed by atoms with Crippen LogP contribution in [-0.2, 0) is 10.0 Å². The number of hydrogen-bond donors (Lipinski definition) is 2. The van der Waals surface area contributed by atoms with Gasteiger partial charge in [-0.05, 0) is 7.05 Å². The van der Waals surface area contributed by atoms with Crippen molar-refractivity contribution >= 4 is 21.8 Å². The molecule has 1 saturated heterocycles. The highest BCUT2D eigenvalue weighted by Gasteiger charge is 2.17. The number of thioether (sulfide) groups is 1. The van der Waals surface area contributed by atoms with Gasteiger partial charge in [-0.1, -0.05) is 0 Å². The van der Waals surface area contributed by atoms with Crippen LogP contribution in [0.3, 0.4) is 0 Å². The molecule has 1 aliphatic rings. The fourth-order valence-corrected chi connectivity index (χ4v) is 2.15. The summed E-state index contributed by atoms with van der Waals surface area (Å²) in [5, 5.41) is 3.17. The number of nitrogens with one attached hydrogen (secondary N) is 2. The lowest BCUT2D eigenvalue weighted by atomic mass is 10.4. The van der Waals surface area contributed by atoms with Crippen LogP contribution in [0, 0.1) is 0 Å². The molecule has 0 aromatic heterocycles. The van der Waals surface area contributed by atoms with Crippen molar-refractivity contribution in [2.45, 2.75) is 6.04 Å². The summed E-state index contributed by atoms with van der Waals surface area (Å²) < 4.78 is 24.1. The Balaban J connectivity index is 2.08. The summed E-state index contributed by atoms with van der Waals surface area (Å²) in [6.07, 6.45) is 0. The zero-order valence-electron chi connectivity index (χ0n) is 7.04. The zero-order valence-corrected chi connectivity index (χ0v) is 8.67. The lowest BCUT2D eigenvalue weighted by Crippen LogP contribution is -2.43. The van der Waals surface area contributed by atoms with Crippen LogP contribution in [-0.4, -0.2) is 45.3 Å². The fourth-order valence-electron chi connectivity index (χ4n) is 0.853. The highest BCUT2D eigenvalue weighted by Crippen LogP contribution is 2.16. The Morgan fingerprint density at radius 2 is 2.17 bits per heavy atom. The predicted octanol–water partition coefficient (Wildman–Crippen LogP) is -0.759.